The number of anilines is 1. The highest BCUT2D eigenvalue weighted by molar-refractivity contribution is 7.19. The molecule has 0 aliphatic carbocycles. The van der Waals surface area contributed by atoms with Crippen LogP contribution in [0.25, 0.3) is 11.3 Å². The summed E-state index contributed by atoms with van der Waals surface area (Å²) in [5.41, 5.74) is 3.80. The van der Waals surface area contributed by atoms with Crippen molar-refractivity contribution in [3.63, 3.8) is 0 Å². The molecule has 9 heteroatoms. The average molecular weight is 676 g/mol. The molecule has 0 fully saturated rings. The molecule has 8 nitrogen and oxygen atoms in total. The summed E-state index contributed by atoms with van der Waals surface area (Å²) in [6.45, 7) is 12.8. The van der Waals surface area contributed by atoms with Crippen molar-refractivity contribution in [2.75, 3.05) is 18.0 Å². The van der Waals surface area contributed by atoms with E-state index < -0.39 is 5.91 Å². The van der Waals surface area contributed by atoms with Gasteiger partial charge in [-0.15, -0.1) is 5.10 Å². The molecule has 0 saturated heterocycles. The van der Waals surface area contributed by atoms with Crippen LogP contribution in [0.3, 0.4) is 0 Å². The first kappa shape index (κ1) is 35.9. The molecule has 1 aliphatic rings. The second kappa shape index (κ2) is 17.3. The Bertz CT molecular complexity index is 1780. The van der Waals surface area contributed by atoms with Gasteiger partial charge in [-0.25, -0.2) is 15.0 Å². The maximum Gasteiger partial charge on any atom is 0.291 e. The van der Waals surface area contributed by atoms with Gasteiger partial charge in [0.25, 0.3) is 5.91 Å². The van der Waals surface area contributed by atoms with Crippen LogP contribution in [-0.4, -0.2) is 44.5 Å². The van der Waals surface area contributed by atoms with E-state index in [0.29, 0.717) is 41.2 Å². The van der Waals surface area contributed by atoms with E-state index in [2.05, 4.69) is 55.9 Å². The average Bonchev–Trinajstić information content (AvgIpc) is 3.75. The van der Waals surface area contributed by atoms with E-state index in [1.54, 1.807) is 18.3 Å². The summed E-state index contributed by atoms with van der Waals surface area (Å²) in [4.78, 5) is 31.3. The smallest absolute Gasteiger partial charge is 0.291 e. The quantitative estimate of drug-likeness (QED) is 0.110. The van der Waals surface area contributed by atoms with Crippen LogP contribution < -0.4 is 4.90 Å². The molecule has 49 heavy (non-hydrogen) atoms. The number of thiazole rings is 1. The third-order valence-corrected chi connectivity index (χ3v) is 10.5. The van der Waals surface area contributed by atoms with Crippen molar-refractivity contribution >= 4 is 33.1 Å². The highest BCUT2D eigenvalue weighted by atomic mass is 32.1. The molecule has 0 amide bonds. The highest BCUT2D eigenvalue weighted by Gasteiger charge is 2.33. The molecule has 2 atom stereocenters. The van der Waals surface area contributed by atoms with Gasteiger partial charge in [-0.2, -0.15) is 9.94 Å². The largest absolute Gasteiger partial charge is 0.347 e. The lowest BCUT2D eigenvalue weighted by Crippen LogP contribution is -2.34. The summed E-state index contributed by atoms with van der Waals surface area (Å²) in [5.74, 6) is 1.54. The van der Waals surface area contributed by atoms with Gasteiger partial charge >= 0.3 is 0 Å². The van der Waals surface area contributed by atoms with Crippen LogP contribution in [0, 0.1) is 23.2 Å². The Labute approximate surface area is 295 Å². The molecule has 0 spiro atoms. The van der Waals surface area contributed by atoms with E-state index in [-0.39, 0.29) is 5.57 Å². The molecule has 2 aromatic heterocycles. The number of allylic oxidation sites excluding steroid dienone is 2. The zero-order chi connectivity index (χ0) is 34.8. The van der Waals surface area contributed by atoms with Crippen molar-refractivity contribution in [2.45, 2.75) is 92.4 Å². The SMILES string of the molecule is CCCCC(CC)CN(CC(CC)CCCC)c1nc(-c2ccccc2)c(/N=C2\C(C)=C(C#N)C(=O)n3nc(Cc4ccccc4)nc32)s1. The number of unbranched alkanes of at least 4 members (excludes halogenated alkanes) is 2. The molecule has 0 bridgehead atoms. The number of hydrogen-bond acceptors (Lipinski definition) is 8. The van der Waals surface area contributed by atoms with E-state index in [1.807, 2.05) is 48.5 Å². The Morgan fingerprint density at radius 3 is 2.08 bits per heavy atom. The van der Waals surface area contributed by atoms with Gasteiger partial charge in [0.05, 0.1) is 0 Å². The Morgan fingerprint density at radius 1 is 0.898 bits per heavy atom. The number of hydrogen-bond donors (Lipinski definition) is 0. The minimum Gasteiger partial charge on any atom is -0.347 e. The lowest BCUT2D eigenvalue weighted by Gasteiger charge is -2.30. The Kier molecular flexibility index (Phi) is 12.7. The zero-order valence-corrected chi connectivity index (χ0v) is 30.5. The molecule has 1 aliphatic heterocycles. The van der Waals surface area contributed by atoms with Crippen molar-refractivity contribution in [3.05, 3.63) is 89.0 Å². The van der Waals surface area contributed by atoms with Gasteiger partial charge in [-0.1, -0.05) is 138 Å². The number of nitriles is 1. The molecule has 0 N–H and O–H groups in total. The summed E-state index contributed by atoms with van der Waals surface area (Å²) in [5, 5.41) is 16.3. The Hall–Kier alpha value is -4.42. The van der Waals surface area contributed by atoms with Gasteiger partial charge in [0.1, 0.15) is 28.0 Å². The first-order valence-corrected chi connectivity index (χ1v) is 18.8. The number of benzene rings is 2. The second-order valence-electron chi connectivity index (χ2n) is 13.1. The third-order valence-electron chi connectivity index (χ3n) is 9.49. The predicted octanol–water partition coefficient (Wildman–Crippen LogP) is 9.85. The van der Waals surface area contributed by atoms with E-state index in [0.717, 1.165) is 52.9 Å². The van der Waals surface area contributed by atoms with E-state index in [9.17, 15) is 10.1 Å². The summed E-state index contributed by atoms with van der Waals surface area (Å²) in [7, 11) is 0. The predicted molar refractivity (Wildman–Crippen MR) is 201 cm³/mol. The van der Waals surface area contributed by atoms with Crippen LogP contribution in [0.1, 0.15) is 108 Å². The van der Waals surface area contributed by atoms with Crippen LogP contribution in [0.2, 0.25) is 0 Å². The van der Waals surface area contributed by atoms with Crippen LogP contribution in [0.15, 0.2) is 76.8 Å². The lowest BCUT2D eigenvalue weighted by atomic mass is 9.96. The molecule has 3 heterocycles. The van der Waals surface area contributed by atoms with Crippen molar-refractivity contribution in [2.24, 2.45) is 16.8 Å². The standard InChI is InChI=1S/C40H49N7OS/c1-6-10-18-29(8-3)26-46(27-30(9-4)19-11-7-2)40-44-36(32-22-16-13-17-23-32)38(49-40)43-35-28(5)33(25-41)39(48)47-37(35)42-34(45-47)24-31-20-14-12-15-21-31/h12-17,20-23,29-30H,6-11,18-19,24,26-27H2,1-5H3/b43-35+. The molecule has 4 aromatic rings. The molecular weight excluding hydrogens is 627 g/mol. The number of rotatable bonds is 17. The molecule has 0 radical (unpaired) electrons. The minimum absolute atomic E-state index is 0.0264. The number of fused-ring (bicyclic) bond motifs is 1. The number of aliphatic imine (C=N–C) groups is 1. The number of aromatic nitrogens is 4. The Balaban J connectivity index is 1.63. The molecule has 2 aromatic carbocycles. The van der Waals surface area contributed by atoms with Gasteiger partial charge < -0.3 is 4.90 Å². The summed E-state index contributed by atoms with van der Waals surface area (Å²) in [6.07, 6.45) is 9.97. The van der Waals surface area contributed by atoms with E-state index in [1.165, 1.54) is 43.2 Å². The van der Waals surface area contributed by atoms with E-state index in [4.69, 9.17) is 15.0 Å². The summed E-state index contributed by atoms with van der Waals surface area (Å²) < 4.78 is 1.25. The van der Waals surface area contributed by atoms with Crippen molar-refractivity contribution in [3.8, 4) is 17.3 Å². The van der Waals surface area contributed by atoms with Crippen molar-refractivity contribution < 1.29 is 4.79 Å². The van der Waals surface area contributed by atoms with Crippen LogP contribution >= 0.6 is 11.3 Å². The number of carbonyl (C=O) groups is 1. The molecule has 5 rings (SSSR count). The molecule has 2 unspecified atom stereocenters. The fraction of sp³-hybridized carbons (Fsp3) is 0.450. The minimum atomic E-state index is -0.476. The topological polar surface area (TPSA) is 100 Å². The molecule has 0 saturated carbocycles. The van der Waals surface area contributed by atoms with Crippen molar-refractivity contribution in [1.82, 2.24) is 19.7 Å². The Morgan fingerprint density at radius 2 is 1.51 bits per heavy atom. The van der Waals surface area contributed by atoms with Crippen LogP contribution in [0.4, 0.5) is 10.1 Å². The van der Waals surface area contributed by atoms with Gasteiger partial charge in [0, 0.05) is 30.6 Å². The maximum absolute atomic E-state index is 13.4. The summed E-state index contributed by atoms with van der Waals surface area (Å²) in [6, 6.07) is 22.2. The third kappa shape index (κ3) is 8.60. The molecule has 256 valence electrons. The number of carbonyl (C=O) groups excluding carboxylic acids is 1. The van der Waals surface area contributed by atoms with Crippen LogP contribution in [-0.2, 0) is 6.42 Å². The zero-order valence-electron chi connectivity index (χ0n) is 29.7. The first-order valence-electron chi connectivity index (χ1n) is 18.0. The van der Waals surface area contributed by atoms with Gasteiger partial charge in [-0.3, -0.25) is 4.79 Å². The van der Waals surface area contributed by atoms with Gasteiger partial charge in [0.15, 0.2) is 16.8 Å². The van der Waals surface area contributed by atoms with Gasteiger partial charge in [-0.05, 0) is 37.2 Å². The van der Waals surface area contributed by atoms with Crippen LogP contribution in [0.5, 0.6) is 0 Å². The fourth-order valence-corrected chi connectivity index (χ4v) is 7.39. The monoisotopic (exact) mass is 675 g/mol. The molecular formula is C40H49N7OS. The normalized spacial score (nSPS) is 14.9. The van der Waals surface area contributed by atoms with Crippen molar-refractivity contribution in [1.29, 1.82) is 5.26 Å². The summed E-state index contributed by atoms with van der Waals surface area (Å²) >= 11 is 1.58. The maximum atomic E-state index is 13.4. The van der Waals surface area contributed by atoms with E-state index >= 15 is 0 Å². The highest BCUT2D eigenvalue weighted by Crippen LogP contribution is 2.42. The first-order chi connectivity index (χ1) is 23.9. The van der Waals surface area contributed by atoms with Gasteiger partial charge in [0.2, 0.25) is 0 Å². The lowest BCUT2D eigenvalue weighted by molar-refractivity contribution is 0.0941. The fourth-order valence-electron chi connectivity index (χ4n) is 6.41. The second-order valence-corrected chi connectivity index (χ2v) is 14.0. The number of nitrogens with zero attached hydrogens (tertiary/aromatic N) is 7.